The molecule has 3 nitrogen and oxygen atoms in total. The monoisotopic (exact) mass is 210 g/mol. The lowest BCUT2D eigenvalue weighted by atomic mass is 9.85. The van der Waals surface area contributed by atoms with Crippen molar-refractivity contribution < 1.29 is 4.79 Å². The summed E-state index contributed by atoms with van der Waals surface area (Å²) in [6, 6.07) is 0.131. The van der Waals surface area contributed by atoms with Crippen molar-refractivity contribution in [1.29, 1.82) is 0 Å². The molecule has 1 atom stereocenters. The Kier molecular flexibility index (Phi) is 3.01. The zero-order valence-corrected chi connectivity index (χ0v) is 9.88. The van der Waals surface area contributed by atoms with Gasteiger partial charge in [0.25, 0.3) is 0 Å². The number of carbonyl (C=O) groups excluding carboxylic acids is 1. The molecule has 1 N–H and O–H groups in total. The molecule has 0 aromatic rings. The summed E-state index contributed by atoms with van der Waals surface area (Å²) in [5.41, 5.74) is 0.419. The standard InChI is InChI=1S/C12H22N2O/c1-12(2)5-3-8-14(9-6-12)11(15)10-4-7-13-10/h10,13H,3-9H2,1-2H3/t10-/m1/s1. The summed E-state index contributed by atoms with van der Waals surface area (Å²) in [6.07, 6.45) is 4.57. The highest BCUT2D eigenvalue weighted by molar-refractivity contribution is 5.82. The lowest BCUT2D eigenvalue weighted by Gasteiger charge is -2.32. The second-order valence-electron chi connectivity index (χ2n) is 5.64. The van der Waals surface area contributed by atoms with Crippen LogP contribution in [0, 0.1) is 5.41 Å². The van der Waals surface area contributed by atoms with Gasteiger partial charge in [-0.1, -0.05) is 13.8 Å². The van der Waals surface area contributed by atoms with Crippen LogP contribution in [0.1, 0.15) is 39.5 Å². The molecule has 2 rings (SSSR count). The number of likely N-dealkylation sites (tertiary alicyclic amines) is 1. The van der Waals surface area contributed by atoms with Crippen LogP contribution in [0.25, 0.3) is 0 Å². The van der Waals surface area contributed by atoms with Crippen molar-refractivity contribution in [1.82, 2.24) is 10.2 Å². The second kappa shape index (κ2) is 4.12. The van der Waals surface area contributed by atoms with Crippen molar-refractivity contribution in [3.8, 4) is 0 Å². The maximum atomic E-state index is 12.0. The highest BCUT2D eigenvalue weighted by atomic mass is 16.2. The molecular formula is C12H22N2O. The lowest BCUT2D eigenvalue weighted by Crippen LogP contribution is -2.54. The Morgan fingerprint density at radius 1 is 1.33 bits per heavy atom. The van der Waals surface area contributed by atoms with Crippen LogP contribution in [0.15, 0.2) is 0 Å². The predicted molar refractivity (Wildman–Crippen MR) is 60.6 cm³/mol. The van der Waals surface area contributed by atoms with Crippen molar-refractivity contribution in [2.45, 2.75) is 45.6 Å². The molecule has 2 fully saturated rings. The topological polar surface area (TPSA) is 32.3 Å². The van der Waals surface area contributed by atoms with Crippen molar-refractivity contribution in [3.05, 3.63) is 0 Å². The van der Waals surface area contributed by atoms with Gasteiger partial charge in [-0.2, -0.15) is 0 Å². The van der Waals surface area contributed by atoms with Crippen molar-refractivity contribution in [2.75, 3.05) is 19.6 Å². The smallest absolute Gasteiger partial charge is 0.239 e. The van der Waals surface area contributed by atoms with Crippen LogP contribution in [0.4, 0.5) is 0 Å². The number of hydrogen-bond acceptors (Lipinski definition) is 2. The zero-order valence-electron chi connectivity index (χ0n) is 9.88. The highest BCUT2D eigenvalue weighted by Crippen LogP contribution is 2.30. The van der Waals surface area contributed by atoms with Gasteiger partial charge in [-0.15, -0.1) is 0 Å². The van der Waals surface area contributed by atoms with E-state index in [-0.39, 0.29) is 6.04 Å². The molecule has 0 aromatic heterocycles. The molecule has 0 radical (unpaired) electrons. The molecule has 0 saturated carbocycles. The van der Waals surface area contributed by atoms with E-state index in [2.05, 4.69) is 24.1 Å². The molecule has 3 heteroatoms. The molecule has 0 bridgehead atoms. The number of carbonyl (C=O) groups is 1. The van der Waals surface area contributed by atoms with E-state index in [0.717, 1.165) is 38.9 Å². The minimum atomic E-state index is 0.131. The Morgan fingerprint density at radius 3 is 2.67 bits per heavy atom. The average molecular weight is 210 g/mol. The van der Waals surface area contributed by atoms with Crippen LogP contribution in [-0.2, 0) is 4.79 Å². The summed E-state index contributed by atoms with van der Waals surface area (Å²) >= 11 is 0. The van der Waals surface area contributed by atoms with Crippen molar-refractivity contribution >= 4 is 5.91 Å². The molecule has 86 valence electrons. The number of nitrogens with one attached hydrogen (secondary N) is 1. The van der Waals surface area contributed by atoms with Crippen LogP contribution in [-0.4, -0.2) is 36.5 Å². The van der Waals surface area contributed by atoms with Gasteiger partial charge in [0.15, 0.2) is 0 Å². The molecule has 0 unspecified atom stereocenters. The summed E-state index contributed by atoms with van der Waals surface area (Å²) in [5, 5.41) is 3.19. The van der Waals surface area contributed by atoms with E-state index in [0.29, 0.717) is 11.3 Å². The van der Waals surface area contributed by atoms with Crippen LogP contribution >= 0.6 is 0 Å². The highest BCUT2D eigenvalue weighted by Gasteiger charge is 2.31. The first kappa shape index (κ1) is 10.9. The van der Waals surface area contributed by atoms with E-state index in [1.54, 1.807) is 0 Å². The van der Waals surface area contributed by atoms with E-state index in [1.165, 1.54) is 6.42 Å². The van der Waals surface area contributed by atoms with E-state index in [1.807, 2.05) is 0 Å². The van der Waals surface area contributed by atoms with Gasteiger partial charge in [0, 0.05) is 13.1 Å². The summed E-state index contributed by atoms with van der Waals surface area (Å²) in [7, 11) is 0. The molecule has 2 heterocycles. The summed E-state index contributed by atoms with van der Waals surface area (Å²) < 4.78 is 0. The maximum Gasteiger partial charge on any atom is 0.239 e. The molecule has 1 amide bonds. The van der Waals surface area contributed by atoms with Gasteiger partial charge in [0.1, 0.15) is 0 Å². The SMILES string of the molecule is CC1(C)CCCN(C(=O)[C@H]2CCN2)CC1. The number of amides is 1. The van der Waals surface area contributed by atoms with Crippen molar-refractivity contribution in [2.24, 2.45) is 5.41 Å². The van der Waals surface area contributed by atoms with Crippen LogP contribution in [0.5, 0.6) is 0 Å². The Labute approximate surface area is 92.2 Å². The lowest BCUT2D eigenvalue weighted by molar-refractivity contribution is -0.135. The Bertz CT molecular complexity index is 246. The van der Waals surface area contributed by atoms with Gasteiger partial charge in [0.2, 0.25) is 5.91 Å². The van der Waals surface area contributed by atoms with Gasteiger partial charge in [-0.05, 0) is 37.6 Å². The van der Waals surface area contributed by atoms with Crippen molar-refractivity contribution in [3.63, 3.8) is 0 Å². The van der Waals surface area contributed by atoms with Crippen LogP contribution in [0.2, 0.25) is 0 Å². The molecule has 0 aromatic carbocycles. The first-order valence-electron chi connectivity index (χ1n) is 6.11. The Hall–Kier alpha value is -0.570. The molecule has 2 aliphatic heterocycles. The van der Waals surface area contributed by atoms with Gasteiger partial charge in [0.05, 0.1) is 6.04 Å². The molecule has 0 spiro atoms. The molecule has 0 aliphatic carbocycles. The average Bonchev–Trinajstić information content (AvgIpc) is 2.23. The second-order valence-corrected chi connectivity index (χ2v) is 5.64. The minimum absolute atomic E-state index is 0.131. The summed E-state index contributed by atoms with van der Waals surface area (Å²) in [4.78, 5) is 14.1. The Balaban J connectivity index is 1.90. The first-order chi connectivity index (χ1) is 7.08. The van der Waals surface area contributed by atoms with Gasteiger partial charge >= 0.3 is 0 Å². The largest absolute Gasteiger partial charge is 0.341 e. The van der Waals surface area contributed by atoms with E-state index < -0.39 is 0 Å². The fourth-order valence-electron chi connectivity index (χ4n) is 2.36. The fraction of sp³-hybridized carbons (Fsp3) is 0.917. The van der Waals surface area contributed by atoms with Crippen LogP contribution in [0.3, 0.4) is 0 Å². The summed E-state index contributed by atoms with van der Waals surface area (Å²) in [5.74, 6) is 0.332. The van der Waals surface area contributed by atoms with E-state index in [4.69, 9.17) is 0 Å². The number of nitrogens with zero attached hydrogens (tertiary/aromatic N) is 1. The Morgan fingerprint density at radius 2 is 2.07 bits per heavy atom. The molecule has 15 heavy (non-hydrogen) atoms. The first-order valence-corrected chi connectivity index (χ1v) is 6.11. The third-order valence-corrected chi connectivity index (χ3v) is 3.77. The van der Waals surface area contributed by atoms with Crippen LogP contribution < -0.4 is 5.32 Å². The molecular weight excluding hydrogens is 188 g/mol. The predicted octanol–water partition coefficient (Wildman–Crippen LogP) is 1.39. The summed E-state index contributed by atoms with van der Waals surface area (Å²) in [6.45, 7) is 7.53. The zero-order chi connectivity index (χ0) is 10.9. The third kappa shape index (κ3) is 2.51. The molecule has 2 saturated heterocycles. The maximum absolute atomic E-state index is 12.0. The number of hydrogen-bond donors (Lipinski definition) is 1. The van der Waals surface area contributed by atoms with Gasteiger partial charge in [-0.25, -0.2) is 0 Å². The quantitative estimate of drug-likeness (QED) is 0.709. The normalized spacial score (nSPS) is 30.5. The fourth-order valence-corrected chi connectivity index (χ4v) is 2.36. The van der Waals surface area contributed by atoms with Gasteiger partial charge in [-0.3, -0.25) is 4.79 Å². The third-order valence-electron chi connectivity index (χ3n) is 3.77. The number of rotatable bonds is 1. The van der Waals surface area contributed by atoms with Gasteiger partial charge < -0.3 is 10.2 Å². The van der Waals surface area contributed by atoms with E-state index in [9.17, 15) is 4.79 Å². The molecule has 2 aliphatic rings. The van der Waals surface area contributed by atoms with E-state index >= 15 is 0 Å². The minimum Gasteiger partial charge on any atom is -0.341 e.